The number of thiazole rings is 1. The fourth-order valence-corrected chi connectivity index (χ4v) is 3.61. The number of nitrogens with zero attached hydrogens (tertiary/aromatic N) is 3. The zero-order valence-corrected chi connectivity index (χ0v) is 14.7. The zero-order valence-electron chi connectivity index (χ0n) is 13.9. The van der Waals surface area contributed by atoms with Crippen molar-refractivity contribution in [1.29, 1.82) is 0 Å². The standard InChI is InChI=1S/C19H23N3S/c1-4-11-20-19-22(21-17-7-5-6-8-17)18(13-23-19)16-10-9-14(2)15(3)12-16/h4,9-10,12-13H,1,5-8,11H2,2-3H3. The highest BCUT2D eigenvalue weighted by atomic mass is 32.1. The maximum absolute atomic E-state index is 4.92. The van der Waals surface area contributed by atoms with Crippen molar-refractivity contribution >= 4 is 17.0 Å². The molecule has 1 fully saturated rings. The van der Waals surface area contributed by atoms with Crippen molar-refractivity contribution in [3.05, 3.63) is 52.2 Å². The Morgan fingerprint density at radius 3 is 2.70 bits per heavy atom. The maximum atomic E-state index is 4.92. The molecule has 0 bridgehead atoms. The molecular formula is C19H23N3S. The van der Waals surface area contributed by atoms with Crippen molar-refractivity contribution in [3.8, 4) is 11.3 Å². The second-order valence-corrected chi connectivity index (χ2v) is 6.85. The second kappa shape index (κ2) is 7.09. The van der Waals surface area contributed by atoms with E-state index in [1.165, 1.54) is 35.2 Å². The van der Waals surface area contributed by atoms with Gasteiger partial charge in [-0.2, -0.15) is 5.10 Å². The van der Waals surface area contributed by atoms with Gasteiger partial charge in [-0.3, -0.25) is 4.99 Å². The Balaban J connectivity index is 2.12. The van der Waals surface area contributed by atoms with Crippen LogP contribution in [0.25, 0.3) is 11.3 Å². The first-order chi connectivity index (χ1) is 11.2. The predicted octanol–water partition coefficient (Wildman–Crippen LogP) is 4.70. The van der Waals surface area contributed by atoms with Gasteiger partial charge in [-0.05, 0) is 56.7 Å². The molecule has 3 nitrogen and oxygen atoms in total. The summed E-state index contributed by atoms with van der Waals surface area (Å²) < 4.78 is 2.03. The summed E-state index contributed by atoms with van der Waals surface area (Å²) in [5.74, 6) is 0. The van der Waals surface area contributed by atoms with Crippen LogP contribution in [0.4, 0.5) is 0 Å². The van der Waals surface area contributed by atoms with E-state index >= 15 is 0 Å². The van der Waals surface area contributed by atoms with E-state index in [0.717, 1.165) is 23.3 Å². The van der Waals surface area contributed by atoms with Crippen LogP contribution < -0.4 is 4.80 Å². The first kappa shape index (κ1) is 15.9. The monoisotopic (exact) mass is 325 g/mol. The van der Waals surface area contributed by atoms with E-state index < -0.39 is 0 Å². The summed E-state index contributed by atoms with van der Waals surface area (Å²) in [6.07, 6.45) is 6.54. The van der Waals surface area contributed by atoms with Crippen LogP contribution >= 0.6 is 11.3 Å². The molecule has 0 spiro atoms. The van der Waals surface area contributed by atoms with E-state index in [4.69, 9.17) is 5.10 Å². The Hall–Kier alpha value is -1.94. The van der Waals surface area contributed by atoms with Gasteiger partial charge in [0.15, 0.2) is 0 Å². The van der Waals surface area contributed by atoms with Gasteiger partial charge in [0.1, 0.15) is 0 Å². The molecule has 0 radical (unpaired) electrons. The summed E-state index contributed by atoms with van der Waals surface area (Å²) in [7, 11) is 0. The van der Waals surface area contributed by atoms with Crippen LogP contribution in [0.1, 0.15) is 36.8 Å². The summed E-state index contributed by atoms with van der Waals surface area (Å²) in [5.41, 5.74) is 6.23. The second-order valence-electron chi connectivity index (χ2n) is 6.02. The molecule has 1 saturated carbocycles. The molecule has 1 aliphatic carbocycles. The summed E-state index contributed by atoms with van der Waals surface area (Å²) in [6, 6.07) is 6.59. The van der Waals surface area contributed by atoms with Crippen LogP contribution in [0.15, 0.2) is 46.3 Å². The Bertz CT molecular complexity index is 800. The lowest BCUT2D eigenvalue weighted by Crippen LogP contribution is -2.14. The lowest BCUT2D eigenvalue weighted by molar-refractivity contribution is 0.828. The highest BCUT2D eigenvalue weighted by Gasteiger charge is 2.12. The third-order valence-corrected chi connectivity index (χ3v) is 5.12. The van der Waals surface area contributed by atoms with Gasteiger partial charge < -0.3 is 0 Å². The minimum Gasteiger partial charge on any atom is -0.253 e. The Morgan fingerprint density at radius 1 is 1.22 bits per heavy atom. The number of hydrogen-bond donors (Lipinski definition) is 0. The molecule has 0 amide bonds. The molecule has 1 aromatic carbocycles. The molecule has 1 aromatic heterocycles. The fourth-order valence-electron chi connectivity index (χ4n) is 2.77. The van der Waals surface area contributed by atoms with E-state index in [2.05, 4.69) is 49.0 Å². The minimum atomic E-state index is 0.623. The molecule has 120 valence electrons. The van der Waals surface area contributed by atoms with Crippen LogP contribution in [0.2, 0.25) is 0 Å². The molecule has 0 unspecified atom stereocenters. The van der Waals surface area contributed by atoms with Crippen LogP contribution in [0.3, 0.4) is 0 Å². The number of hydrogen-bond acceptors (Lipinski definition) is 3. The first-order valence-corrected chi connectivity index (χ1v) is 9.03. The van der Waals surface area contributed by atoms with Gasteiger partial charge in [0.2, 0.25) is 4.80 Å². The maximum Gasteiger partial charge on any atom is 0.206 e. The fraction of sp³-hybridized carbons (Fsp3) is 0.368. The molecule has 0 atom stereocenters. The number of aryl methyl sites for hydroxylation is 2. The molecule has 0 saturated heterocycles. The Labute approximate surface area is 141 Å². The quantitative estimate of drug-likeness (QED) is 0.730. The predicted molar refractivity (Wildman–Crippen MR) is 99.1 cm³/mol. The largest absolute Gasteiger partial charge is 0.253 e. The van der Waals surface area contributed by atoms with E-state index in [0.29, 0.717) is 6.54 Å². The average Bonchev–Trinajstić information content (AvgIpc) is 3.19. The molecule has 23 heavy (non-hydrogen) atoms. The van der Waals surface area contributed by atoms with Gasteiger partial charge in [0.05, 0.1) is 12.2 Å². The minimum absolute atomic E-state index is 0.623. The van der Waals surface area contributed by atoms with Gasteiger partial charge in [-0.1, -0.05) is 18.2 Å². The Kier molecular flexibility index (Phi) is 4.91. The van der Waals surface area contributed by atoms with Gasteiger partial charge in [-0.25, -0.2) is 4.68 Å². The van der Waals surface area contributed by atoms with Gasteiger partial charge >= 0.3 is 0 Å². The number of benzene rings is 1. The van der Waals surface area contributed by atoms with Crippen molar-refractivity contribution in [2.24, 2.45) is 10.1 Å². The highest BCUT2D eigenvalue weighted by Crippen LogP contribution is 2.24. The van der Waals surface area contributed by atoms with Crippen molar-refractivity contribution < 1.29 is 0 Å². The van der Waals surface area contributed by atoms with Crippen LogP contribution in [0.5, 0.6) is 0 Å². The Morgan fingerprint density at radius 2 is 2.00 bits per heavy atom. The van der Waals surface area contributed by atoms with E-state index in [-0.39, 0.29) is 0 Å². The van der Waals surface area contributed by atoms with Crippen molar-refractivity contribution in [1.82, 2.24) is 4.68 Å². The number of rotatable bonds is 4. The molecule has 0 aliphatic heterocycles. The first-order valence-electron chi connectivity index (χ1n) is 8.15. The summed E-state index contributed by atoms with van der Waals surface area (Å²) >= 11 is 1.65. The van der Waals surface area contributed by atoms with Crippen LogP contribution in [-0.4, -0.2) is 16.9 Å². The van der Waals surface area contributed by atoms with Gasteiger partial charge in [0, 0.05) is 16.7 Å². The summed E-state index contributed by atoms with van der Waals surface area (Å²) in [6.45, 7) is 8.68. The van der Waals surface area contributed by atoms with Crippen molar-refractivity contribution in [2.75, 3.05) is 6.54 Å². The van der Waals surface area contributed by atoms with E-state index in [1.807, 2.05) is 10.8 Å². The normalized spacial score (nSPS) is 15.2. The van der Waals surface area contributed by atoms with Crippen LogP contribution in [0, 0.1) is 13.8 Å². The van der Waals surface area contributed by atoms with E-state index in [1.54, 1.807) is 11.3 Å². The lowest BCUT2D eigenvalue weighted by atomic mass is 10.1. The zero-order chi connectivity index (χ0) is 16.2. The third-order valence-electron chi connectivity index (χ3n) is 4.27. The van der Waals surface area contributed by atoms with Crippen LogP contribution in [-0.2, 0) is 0 Å². The molecule has 2 aromatic rings. The van der Waals surface area contributed by atoms with Gasteiger partial charge in [0.25, 0.3) is 0 Å². The lowest BCUT2D eigenvalue weighted by Gasteiger charge is -2.07. The highest BCUT2D eigenvalue weighted by molar-refractivity contribution is 7.07. The smallest absolute Gasteiger partial charge is 0.206 e. The average molecular weight is 325 g/mol. The summed E-state index contributed by atoms with van der Waals surface area (Å²) in [5, 5.41) is 7.07. The SMILES string of the molecule is C=CCN=c1scc(-c2ccc(C)c(C)c2)n1N=C1CCCC1. The van der Waals surface area contributed by atoms with Crippen molar-refractivity contribution in [3.63, 3.8) is 0 Å². The number of aromatic nitrogens is 1. The molecule has 1 aliphatic rings. The van der Waals surface area contributed by atoms with Gasteiger partial charge in [-0.15, -0.1) is 17.9 Å². The molecular weight excluding hydrogens is 302 g/mol. The summed E-state index contributed by atoms with van der Waals surface area (Å²) in [4.78, 5) is 5.55. The third kappa shape index (κ3) is 3.53. The molecule has 4 heteroatoms. The van der Waals surface area contributed by atoms with Crippen molar-refractivity contribution in [2.45, 2.75) is 39.5 Å². The van der Waals surface area contributed by atoms with E-state index in [9.17, 15) is 0 Å². The topological polar surface area (TPSA) is 29.6 Å². The molecule has 3 rings (SSSR count). The molecule has 0 N–H and O–H groups in total. The molecule has 1 heterocycles.